The van der Waals surface area contributed by atoms with E-state index in [0.29, 0.717) is 12.4 Å². The van der Waals surface area contributed by atoms with E-state index >= 15 is 0 Å². The second-order valence-electron chi connectivity index (χ2n) is 4.09. The first kappa shape index (κ1) is 14.0. The second-order valence-corrected chi connectivity index (χ2v) is 4.09. The molecular weight excluding hydrogens is 256 g/mol. The zero-order chi connectivity index (χ0) is 14.4. The summed E-state index contributed by atoms with van der Waals surface area (Å²) in [6.45, 7) is 0.597. The van der Waals surface area contributed by atoms with Crippen LogP contribution in [0.15, 0.2) is 36.5 Å². The van der Waals surface area contributed by atoms with Gasteiger partial charge in [0.05, 0.1) is 27.0 Å². The average molecular weight is 274 g/mol. The van der Waals surface area contributed by atoms with E-state index in [0.717, 1.165) is 22.7 Å². The third-order valence-corrected chi connectivity index (χ3v) is 2.92. The highest BCUT2D eigenvalue weighted by Gasteiger charge is 2.07. The zero-order valence-corrected chi connectivity index (χ0v) is 11.8. The van der Waals surface area contributed by atoms with Gasteiger partial charge in [0.1, 0.15) is 11.5 Å². The SMILES string of the molecule is COc1ccc(NCc2cccnc2OC)c(OC)c1. The van der Waals surface area contributed by atoms with Gasteiger partial charge in [0.15, 0.2) is 0 Å². The monoisotopic (exact) mass is 274 g/mol. The van der Waals surface area contributed by atoms with Gasteiger partial charge in [-0.1, -0.05) is 6.07 Å². The van der Waals surface area contributed by atoms with Crippen LogP contribution in [0.5, 0.6) is 17.4 Å². The summed E-state index contributed by atoms with van der Waals surface area (Å²) >= 11 is 0. The van der Waals surface area contributed by atoms with E-state index in [4.69, 9.17) is 14.2 Å². The van der Waals surface area contributed by atoms with E-state index in [9.17, 15) is 0 Å². The summed E-state index contributed by atoms with van der Waals surface area (Å²) in [7, 11) is 4.87. The van der Waals surface area contributed by atoms with Gasteiger partial charge in [0.2, 0.25) is 5.88 Å². The molecule has 2 aromatic rings. The molecule has 2 rings (SSSR count). The second kappa shape index (κ2) is 6.65. The predicted molar refractivity (Wildman–Crippen MR) is 77.7 cm³/mol. The van der Waals surface area contributed by atoms with Crippen molar-refractivity contribution in [3.05, 3.63) is 42.1 Å². The van der Waals surface area contributed by atoms with Gasteiger partial charge in [0, 0.05) is 24.4 Å². The maximum absolute atomic E-state index is 5.34. The summed E-state index contributed by atoms with van der Waals surface area (Å²) in [5.41, 5.74) is 1.87. The molecule has 5 nitrogen and oxygen atoms in total. The van der Waals surface area contributed by atoms with Crippen LogP contribution in [0.4, 0.5) is 5.69 Å². The molecule has 0 bridgehead atoms. The van der Waals surface area contributed by atoms with Gasteiger partial charge in [-0.15, -0.1) is 0 Å². The highest BCUT2D eigenvalue weighted by atomic mass is 16.5. The summed E-state index contributed by atoms with van der Waals surface area (Å²) < 4.78 is 15.7. The molecular formula is C15H18N2O3. The summed E-state index contributed by atoms with van der Waals surface area (Å²) in [5.74, 6) is 2.10. The molecule has 1 aromatic heterocycles. The lowest BCUT2D eigenvalue weighted by atomic mass is 10.2. The van der Waals surface area contributed by atoms with E-state index < -0.39 is 0 Å². The Labute approximate surface area is 118 Å². The Morgan fingerprint density at radius 2 is 1.90 bits per heavy atom. The Morgan fingerprint density at radius 1 is 1.05 bits per heavy atom. The molecule has 106 valence electrons. The highest BCUT2D eigenvalue weighted by molar-refractivity contribution is 5.59. The molecule has 20 heavy (non-hydrogen) atoms. The van der Waals surface area contributed by atoms with Crippen LogP contribution in [-0.2, 0) is 6.54 Å². The number of aromatic nitrogens is 1. The molecule has 0 spiro atoms. The van der Waals surface area contributed by atoms with Gasteiger partial charge in [-0.2, -0.15) is 0 Å². The van der Waals surface area contributed by atoms with E-state index in [1.807, 2.05) is 30.3 Å². The van der Waals surface area contributed by atoms with E-state index in [1.165, 1.54) is 0 Å². The third-order valence-electron chi connectivity index (χ3n) is 2.92. The van der Waals surface area contributed by atoms with Crippen LogP contribution in [0.2, 0.25) is 0 Å². The number of hydrogen-bond acceptors (Lipinski definition) is 5. The van der Waals surface area contributed by atoms with Crippen molar-refractivity contribution in [2.45, 2.75) is 6.54 Å². The first-order valence-corrected chi connectivity index (χ1v) is 6.22. The number of anilines is 1. The van der Waals surface area contributed by atoms with Crippen LogP contribution < -0.4 is 19.5 Å². The minimum absolute atomic E-state index is 0.597. The molecule has 1 aromatic carbocycles. The Balaban J connectivity index is 2.14. The summed E-state index contributed by atoms with van der Waals surface area (Å²) in [6.07, 6.45) is 1.70. The highest BCUT2D eigenvalue weighted by Crippen LogP contribution is 2.29. The fraction of sp³-hybridized carbons (Fsp3) is 0.267. The molecule has 0 unspecified atom stereocenters. The summed E-state index contributed by atoms with van der Waals surface area (Å²) in [4.78, 5) is 4.17. The van der Waals surface area contributed by atoms with Crippen molar-refractivity contribution >= 4 is 5.69 Å². The Bertz CT molecular complexity index is 573. The van der Waals surface area contributed by atoms with Gasteiger partial charge >= 0.3 is 0 Å². The third kappa shape index (κ3) is 3.12. The van der Waals surface area contributed by atoms with Gasteiger partial charge < -0.3 is 19.5 Å². The van der Waals surface area contributed by atoms with Crippen molar-refractivity contribution in [2.24, 2.45) is 0 Å². The minimum Gasteiger partial charge on any atom is -0.497 e. The lowest BCUT2D eigenvalue weighted by Gasteiger charge is -2.13. The Morgan fingerprint density at radius 3 is 2.60 bits per heavy atom. The van der Waals surface area contributed by atoms with Crippen LogP contribution in [0.25, 0.3) is 0 Å². The molecule has 0 fully saturated rings. The van der Waals surface area contributed by atoms with Crippen molar-refractivity contribution in [1.82, 2.24) is 4.98 Å². The number of benzene rings is 1. The van der Waals surface area contributed by atoms with Crippen molar-refractivity contribution in [3.8, 4) is 17.4 Å². The standard InChI is InChI=1S/C15H18N2O3/c1-18-12-6-7-13(14(9-12)19-2)17-10-11-5-4-8-16-15(11)20-3/h4-9,17H,10H2,1-3H3. The lowest BCUT2D eigenvalue weighted by Crippen LogP contribution is -2.04. The van der Waals surface area contributed by atoms with Crippen LogP contribution in [0, 0.1) is 0 Å². The number of nitrogens with one attached hydrogen (secondary N) is 1. The number of nitrogens with zero attached hydrogens (tertiary/aromatic N) is 1. The quantitative estimate of drug-likeness (QED) is 0.877. The normalized spacial score (nSPS) is 9.95. The molecule has 1 heterocycles. The fourth-order valence-electron chi connectivity index (χ4n) is 1.88. The molecule has 0 aliphatic rings. The maximum atomic E-state index is 5.34. The molecule has 0 radical (unpaired) electrons. The summed E-state index contributed by atoms with van der Waals surface area (Å²) in [6, 6.07) is 9.48. The number of methoxy groups -OCH3 is 3. The summed E-state index contributed by atoms with van der Waals surface area (Å²) in [5, 5.41) is 3.31. The molecule has 0 amide bonds. The topological polar surface area (TPSA) is 52.6 Å². The van der Waals surface area contributed by atoms with Crippen molar-refractivity contribution < 1.29 is 14.2 Å². The predicted octanol–water partition coefficient (Wildman–Crippen LogP) is 2.72. The average Bonchev–Trinajstić information content (AvgIpc) is 2.52. The Kier molecular flexibility index (Phi) is 4.65. The largest absolute Gasteiger partial charge is 0.497 e. The van der Waals surface area contributed by atoms with Crippen LogP contribution >= 0.6 is 0 Å². The van der Waals surface area contributed by atoms with Gasteiger partial charge in [0.25, 0.3) is 0 Å². The van der Waals surface area contributed by atoms with E-state index in [2.05, 4.69) is 10.3 Å². The van der Waals surface area contributed by atoms with Crippen LogP contribution in [0.1, 0.15) is 5.56 Å². The number of pyridine rings is 1. The fourth-order valence-corrected chi connectivity index (χ4v) is 1.88. The molecule has 5 heteroatoms. The van der Waals surface area contributed by atoms with Gasteiger partial charge in [-0.05, 0) is 18.2 Å². The van der Waals surface area contributed by atoms with Crippen LogP contribution in [-0.4, -0.2) is 26.3 Å². The van der Waals surface area contributed by atoms with Crippen molar-refractivity contribution in [3.63, 3.8) is 0 Å². The number of ether oxygens (including phenoxy) is 3. The van der Waals surface area contributed by atoms with Gasteiger partial charge in [-0.25, -0.2) is 4.98 Å². The molecule has 0 aliphatic carbocycles. The van der Waals surface area contributed by atoms with Crippen LogP contribution in [0.3, 0.4) is 0 Å². The Hall–Kier alpha value is -2.43. The smallest absolute Gasteiger partial charge is 0.218 e. The zero-order valence-electron chi connectivity index (χ0n) is 11.8. The molecule has 0 aliphatic heterocycles. The van der Waals surface area contributed by atoms with Crippen molar-refractivity contribution in [1.29, 1.82) is 0 Å². The lowest BCUT2D eigenvalue weighted by molar-refractivity contribution is 0.392. The molecule has 0 atom stereocenters. The molecule has 0 saturated carbocycles. The minimum atomic E-state index is 0.597. The molecule has 1 N–H and O–H groups in total. The van der Waals surface area contributed by atoms with Crippen molar-refractivity contribution in [2.75, 3.05) is 26.6 Å². The number of hydrogen-bond donors (Lipinski definition) is 1. The first-order valence-electron chi connectivity index (χ1n) is 6.22. The van der Waals surface area contributed by atoms with E-state index in [-0.39, 0.29) is 0 Å². The number of rotatable bonds is 6. The molecule has 0 saturated heterocycles. The van der Waals surface area contributed by atoms with Gasteiger partial charge in [-0.3, -0.25) is 0 Å². The maximum Gasteiger partial charge on any atom is 0.218 e. The van der Waals surface area contributed by atoms with E-state index in [1.54, 1.807) is 27.5 Å². The first-order chi connectivity index (χ1) is 9.78.